The van der Waals surface area contributed by atoms with Gasteiger partial charge in [0.05, 0.1) is 11.1 Å². The average Bonchev–Trinajstić information content (AvgIpc) is 2.72. The second kappa shape index (κ2) is 7.25. The summed E-state index contributed by atoms with van der Waals surface area (Å²) in [6, 6.07) is 12.1. The van der Waals surface area contributed by atoms with E-state index in [9.17, 15) is 0 Å². The van der Waals surface area contributed by atoms with Crippen LogP contribution < -0.4 is 0 Å². The average molecular weight is 332 g/mol. The Kier molecular flexibility index (Phi) is 4.33. The highest BCUT2D eigenvalue weighted by Gasteiger charge is 2.03. The maximum Gasteiger partial charge on any atom is 0.115 e. The van der Waals surface area contributed by atoms with Gasteiger partial charge in [-0.3, -0.25) is 0 Å². The van der Waals surface area contributed by atoms with Crippen molar-refractivity contribution in [2.75, 3.05) is 0 Å². The van der Waals surface area contributed by atoms with E-state index in [-0.39, 0.29) is 0 Å². The summed E-state index contributed by atoms with van der Waals surface area (Å²) in [7, 11) is 0. The number of fused-ring (bicyclic) bond motifs is 1. The van der Waals surface area contributed by atoms with Crippen LogP contribution in [0, 0.1) is 23.7 Å². The van der Waals surface area contributed by atoms with Gasteiger partial charge in [0.25, 0.3) is 0 Å². The molecule has 2 aromatic carbocycles. The predicted octanol–water partition coefficient (Wildman–Crippen LogP) is 3.22. The first-order valence-electron chi connectivity index (χ1n) is 7.96. The molecule has 0 saturated carbocycles. The standard InChI is InChI=1S/C22H12N4/c1-3-19-4-2-6-21(10-8-18-13-25-16-26-14-18)22(19)20(5-1)9-7-17-11-23-15-24-12-17/h1-6,11-16H. The van der Waals surface area contributed by atoms with Crippen LogP contribution in [0.5, 0.6) is 0 Å². The monoisotopic (exact) mass is 332 g/mol. The van der Waals surface area contributed by atoms with Crippen molar-refractivity contribution in [1.29, 1.82) is 0 Å². The van der Waals surface area contributed by atoms with E-state index < -0.39 is 0 Å². The molecule has 4 heteroatoms. The fourth-order valence-corrected chi connectivity index (χ4v) is 2.56. The molecule has 2 aromatic heterocycles. The van der Waals surface area contributed by atoms with Crippen LogP contribution in [0.25, 0.3) is 10.8 Å². The first-order chi connectivity index (χ1) is 12.9. The molecular formula is C22H12N4. The van der Waals surface area contributed by atoms with Gasteiger partial charge < -0.3 is 0 Å². The first kappa shape index (κ1) is 15.5. The largest absolute Gasteiger partial charge is 0.244 e. The predicted molar refractivity (Wildman–Crippen MR) is 100.0 cm³/mol. The summed E-state index contributed by atoms with van der Waals surface area (Å²) >= 11 is 0. The Morgan fingerprint density at radius 1 is 0.538 bits per heavy atom. The molecule has 0 fully saturated rings. The molecule has 0 aliphatic carbocycles. The van der Waals surface area contributed by atoms with Crippen molar-refractivity contribution in [3.8, 4) is 23.7 Å². The van der Waals surface area contributed by atoms with Gasteiger partial charge in [0, 0.05) is 41.3 Å². The molecule has 0 bridgehead atoms. The third kappa shape index (κ3) is 3.40. The number of hydrogen-bond donors (Lipinski definition) is 0. The third-order valence-corrected chi connectivity index (χ3v) is 3.71. The molecule has 0 atom stereocenters. The topological polar surface area (TPSA) is 51.6 Å². The van der Waals surface area contributed by atoms with Crippen LogP contribution in [0.3, 0.4) is 0 Å². The van der Waals surface area contributed by atoms with Gasteiger partial charge in [-0.15, -0.1) is 0 Å². The van der Waals surface area contributed by atoms with Crippen LogP contribution in [0.2, 0.25) is 0 Å². The molecule has 0 unspecified atom stereocenters. The van der Waals surface area contributed by atoms with Crippen molar-refractivity contribution in [3.05, 3.63) is 96.1 Å². The van der Waals surface area contributed by atoms with E-state index in [0.717, 1.165) is 33.0 Å². The van der Waals surface area contributed by atoms with E-state index in [1.165, 1.54) is 12.7 Å². The van der Waals surface area contributed by atoms with Gasteiger partial charge in [0.2, 0.25) is 0 Å². The number of benzene rings is 2. The molecule has 0 spiro atoms. The number of hydrogen-bond acceptors (Lipinski definition) is 4. The van der Waals surface area contributed by atoms with Gasteiger partial charge in [-0.05, 0) is 17.5 Å². The number of aromatic nitrogens is 4. The highest BCUT2D eigenvalue weighted by molar-refractivity contribution is 5.93. The van der Waals surface area contributed by atoms with Gasteiger partial charge in [-0.2, -0.15) is 0 Å². The van der Waals surface area contributed by atoms with Crippen LogP contribution in [0.1, 0.15) is 22.3 Å². The van der Waals surface area contributed by atoms with E-state index in [2.05, 4.69) is 55.8 Å². The fourth-order valence-electron chi connectivity index (χ4n) is 2.56. The molecule has 0 saturated heterocycles. The molecule has 0 amide bonds. The van der Waals surface area contributed by atoms with Gasteiger partial charge in [-0.25, -0.2) is 19.9 Å². The Morgan fingerprint density at radius 2 is 1.00 bits per heavy atom. The van der Waals surface area contributed by atoms with Gasteiger partial charge in [0.15, 0.2) is 0 Å². The van der Waals surface area contributed by atoms with Crippen molar-refractivity contribution in [2.45, 2.75) is 0 Å². The third-order valence-electron chi connectivity index (χ3n) is 3.71. The molecule has 2 heterocycles. The second-order valence-electron chi connectivity index (χ2n) is 5.46. The van der Waals surface area contributed by atoms with Gasteiger partial charge >= 0.3 is 0 Å². The minimum absolute atomic E-state index is 0.773. The summed E-state index contributed by atoms with van der Waals surface area (Å²) in [5.41, 5.74) is 3.38. The Morgan fingerprint density at radius 3 is 1.46 bits per heavy atom. The summed E-state index contributed by atoms with van der Waals surface area (Å²) in [6.07, 6.45) is 9.76. The van der Waals surface area contributed by atoms with Gasteiger partial charge in [0.1, 0.15) is 12.7 Å². The van der Waals surface area contributed by atoms with E-state index in [0.29, 0.717) is 0 Å². The Balaban J connectivity index is 1.83. The Bertz CT molecular complexity index is 1090. The normalized spacial score (nSPS) is 9.69. The zero-order valence-electron chi connectivity index (χ0n) is 13.7. The fraction of sp³-hybridized carbons (Fsp3) is 0. The van der Waals surface area contributed by atoms with E-state index in [4.69, 9.17) is 0 Å². The van der Waals surface area contributed by atoms with Crippen LogP contribution in [0.15, 0.2) is 73.8 Å². The molecule has 0 aliphatic rings. The minimum atomic E-state index is 0.773. The molecular weight excluding hydrogens is 320 g/mol. The lowest BCUT2D eigenvalue weighted by molar-refractivity contribution is 1.16. The van der Waals surface area contributed by atoms with Crippen molar-refractivity contribution in [1.82, 2.24) is 19.9 Å². The highest BCUT2D eigenvalue weighted by Crippen LogP contribution is 2.22. The number of nitrogens with zero attached hydrogens (tertiary/aromatic N) is 4. The molecule has 4 nitrogen and oxygen atoms in total. The van der Waals surface area contributed by atoms with Crippen molar-refractivity contribution >= 4 is 10.8 Å². The Labute approximate surface area is 151 Å². The smallest absolute Gasteiger partial charge is 0.115 e. The second-order valence-corrected chi connectivity index (χ2v) is 5.46. The SMILES string of the molecule is C(#Cc1cccc2cccc(C#Cc3cncnc3)c12)c1cncnc1. The molecule has 4 aromatic rings. The zero-order valence-corrected chi connectivity index (χ0v) is 13.7. The van der Waals surface area contributed by atoms with E-state index in [1.54, 1.807) is 24.8 Å². The van der Waals surface area contributed by atoms with Crippen LogP contribution in [-0.4, -0.2) is 19.9 Å². The first-order valence-corrected chi connectivity index (χ1v) is 7.96. The lowest BCUT2D eigenvalue weighted by Crippen LogP contribution is -1.86. The highest BCUT2D eigenvalue weighted by atomic mass is 14.8. The maximum absolute atomic E-state index is 3.99. The molecule has 4 rings (SSSR count). The van der Waals surface area contributed by atoms with Crippen LogP contribution >= 0.6 is 0 Å². The molecule has 0 radical (unpaired) electrons. The van der Waals surface area contributed by atoms with Crippen molar-refractivity contribution in [2.24, 2.45) is 0 Å². The van der Waals surface area contributed by atoms with Crippen LogP contribution in [-0.2, 0) is 0 Å². The van der Waals surface area contributed by atoms with Gasteiger partial charge in [-0.1, -0.05) is 47.9 Å². The summed E-state index contributed by atoms with van der Waals surface area (Å²) in [5.74, 6) is 12.7. The van der Waals surface area contributed by atoms with Crippen LogP contribution in [0.4, 0.5) is 0 Å². The molecule has 0 aliphatic heterocycles. The van der Waals surface area contributed by atoms with E-state index in [1.807, 2.05) is 24.3 Å². The number of rotatable bonds is 0. The van der Waals surface area contributed by atoms with E-state index >= 15 is 0 Å². The summed E-state index contributed by atoms with van der Waals surface area (Å²) < 4.78 is 0. The Hall–Kier alpha value is -4.02. The lowest BCUT2D eigenvalue weighted by Gasteiger charge is -2.03. The quantitative estimate of drug-likeness (QED) is 0.464. The lowest BCUT2D eigenvalue weighted by atomic mass is 9.99. The molecule has 0 N–H and O–H groups in total. The summed E-state index contributed by atoms with van der Waals surface area (Å²) in [4.78, 5) is 16.0. The van der Waals surface area contributed by atoms with Crippen molar-refractivity contribution in [3.63, 3.8) is 0 Å². The summed E-state index contributed by atoms with van der Waals surface area (Å²) in [5, 5.41) is 2.13. The zero-order chi connectivity index (χ0) is 17.6. The maximum atomic E-state index is 3.99. The molecule has 26 heavy (non-hydrogen) atoms. The molecule has 120 valence electrons. The summed E-state index contributed by atoms with van der Waals surface area (Å²) in [6.45, 7) is 0. The van der Waals surface area contributed by atoms with Crippen molar-refractivity contribution < 1.29 is 0 Å². The minimum Gasteiger partial charge on any atom is -0.244 e.